The number of benzene rings is 3. The van der Waals surface area contributed by atoms with Crippen LogP contribution in [0.15, 0.2) is 76.1 Å². The fourth-order valence-electron chi connectivity index (χ4n) is 3.47. The Kier molecular flexibility index (Phi) is 6.41. The minimum absolute atomic E-state index is 0.193. The molecule has 0 radical (unpaired) electrons. The topological polar surface area (TPSA) is 67.4 Å². The van der Waals surface area contributed by atoms with Crippen molar-refractivity contribution >= 4 is 31.6 Å². The number of nitrogens with one attached hydrogen (secondary N) is 2. The molecule has 0 atom stereocenters. The van der Waals surface area contributed by atoms with Crippen LogP contribution >= 0.6 is 15.9 Å². The first kappa shape index (κ1) is 20.9. The summed E-state index contributed by atoms with van der Waals surface area (Å²) >= 11 is 3.61. The highest BCUT2D eigenvalue weighted by atomic mass is 79.9. The lowest BCUT2D eigenvalue weighted by molar-refractivity contribution is 0.306. The smallest absolute Gasteiger partial charge is 0.261 e. The molecule has 0 unspecified atom stereocenters. The van der Waals surface area contributed by atoms with Gasteiger partial charge in [-0.15, -0.1) is 0 Å². The average molecular weight is 487 g/mol. The van der Waals surface area contributed by atoms with Crippen molar-refractivity contribution in [2.75, 3.05) is 17.8 Å². The summed E-state index contributed by atoms with van der Waals surface area (Å²) in [6.45, 7) is 2.25. The Morgan fingerprint density at radius 1 is 0.933 bits per heavy atom. The Morgan fingerprint density at radius 3 is 2.43 bits per heavy atom. The summed E-state index contributed by atoms with van der Waals surface area (Å²) in [6.07, 6.45) is 1.80. The van der Waals surface area contributed by atoms with Crippen LogP contribution in [0, 0.1) is 0 Å². The molecule has 4 rings (SSSR count). The molecule has 3 aromatic rings. The van der Waals surface area contributed by atoms with Gasteiger partial charge in [0.1, 0.15) is 12.4 Å². The third-order valence-electron chi connectivity index (χ3n) is 5.09. The first-order valence-corrected chi connectivity index (χ1v) is 12.1. The van der Waals surface area contributed by atoms with Gasteiger partial charge in [0.15, 0.2) is 0 Å². The molecule has 0 aliphatic carbocycles. The monoisotopic (exact) mass is 486 g/mol. The summed E-state index contributed by atoms with van der Waals surface area (Å²) in [5, 5.41) is 3.37. The van der Waals surface area contributed by atoms with Gasteiger partial charge in [0.25, 0.3) is 10.0 Å². The molecule has 7 heteroatoms. The van der Waals surface area contributed by atoms with E-state index < -0.39 is 10.0 Å². The number of hydrogen-bond acceptors (Lipinski definition) is 4. The number of halogens is 1. The molecule has 2 N–H and O–H groups in total. The predicted molar refractivity (Wildman–Crippen MR) is 122 cm³/mol. The molecule has 0 amide bonds. The minimum Gasteiger partial charge on any atom is -0.489 e. The zero-order chi connectivity index (χ0) is 21.0. The van der Waals surface area contributed by atoms with E-state index in [-0.39, 0.29) is 4.90 Å². The molecule has 156 valence electrons. The third kappa shape index (κ3) is 4.86. The molecule has 0 fully saturated rings. The second-order valence-electron chi connectivity index (χ2n) is 7.17. The van der Waals surface area contributed by atoms with Crippen molar-refractivity contribution in [2.24, 2.45) is 0 Å². The van der Waals surface area contributed by atoms with Crippen LogP contribution in [0.4, 0.5) is 5.69 Å². The Balaban J connectivity index is 1.48. The fraction of sp³-hybridized carbons (Fsp3) is 0.217. The van der Waals surface area contributed by atoms with Crippen LogP contribution in [0.2, 0.25) is 0 Å². The van der Waals surface area contributed by atoms with Gasteiger partial charge < -0.3 is 10.1 Å². The van der Waals surface area contributed by atoms with Crippen molar-refractivity contribution in [3.05, 3.63) is 87.9 Å². The zero-order valence-electron chi connectivity index (χ0n) is 16.4. The van der Waals surface area contributed by atoms with E-state index in [1.54, 1.807) is 24.3 Å². The molecule has 0 saturated carbocycles. The van der Waals surface area contributed by atoms with E-state index in [0.717, 1.165) is 41.5 Å². The second-order valence-corrected chi connectivity index (χ2v) is 9.64. The lowest BCUT2D eigenvalue weighted by Gasteiger charge is -2.15. The largest absolute Gasteiger partial charge is 0.489 e. The Bertz CT molecular complexity index is 1120. The molecule has 0 aromatic heterocycles. The lowest BCUT2D eigenvalue weighted by Crippen LogP contribution is -2.16. The van der Waals surface area contributed by atoms with Gasteiger partial charge in [-0.25, -0.2) is 8.42 Å². The molecule has 0 saturated heterocycles. The predicted octanol–water partition coefficient (Wildman–Crippen LogP) is 4.52. The van der Waals surface area contributed by atoms with Crippen molar-refractivity contribution in [2.45, 2.75) is 24.3 Å². The van der Waals surface area contributed by atoms with Crippen LogP contribution in [0.3, 0.4) is 0 Å². The van der Waals surface area contributed by atoms with Crippen molar-refractivity contribution in [3.63, 3.8) is 0 Å². The van der Waals surface area contributed by atoms with Crippen molar-refractivity contribution in [1.29, 1.82) is 0 Å². The van der Waals surface area contributed by atoms with Gasteiger partial charge in [-0.1, -0.05) is 36.4 Å². The van der Waals surface area contributed by atoms with Gasteiger partial charge in [0, 0.05) is 4.47 Å². The third-order valence-corrected chi connectivity index (χ3v) is 7.38. The van der Waals surface area contributed by atoms with Crippen molar-refractivity contribution in [3.8, 4) is 5.75 Å². The van der Waals surface area contributed by atoms with E-state index in [2.05, 4.69) is 26.0 Å². The summed E-state index contributed by atoms with van der Waals surface area (Å²) in [5.41, 5.74) is 4.01. The van der Waals surface area contributed by atoms with Gasteiger partial charge in [0.05, 0.1) is 10.6 Å². The summed E-state index contributed by atoms with van der Waals surface area (Å²) in [4.78, 5) is 0.193. The van der Waals surface area contributed by atoms with E-state index in [1.165, 1.54) is 5.56 Å². The minimum atomic E-state index is -3.71. The number of anilines is 1. The lowest BCUT2D eigenvalue weighted by atomic mass is 10.0. The Morgan fingerprint density at radius 2 is 1.67 bits per heavy atom. The Hall–Kier alpha value is -2.35. The van der Waals surface area contributed by atoms with Crippen molar-refractivity contribution < 1.29 is 13.2 Å². The van der Waals surface area contributed by atoms with E-state index in [9.17, 15) is 8.42 Å². The maximum atomic E-state index is 12.9. The van der Waals surface area contributed by atoms with Gasteiger partial charge in [-0.3, -0.25) is 4.72 Å². The summed E-state index contributed by atoms with van der Waals surface area (Å²) in [6, 6.07) is 20.1. The number of ether oxygens (including phenoxy) is 1. The highest BCUT2D eigenvalue weighted by molar-refractivity contribution is 9.10. The molecular formula is C23H23BrN2O3S. The van der Waals surface area contributed by atoms with Gasteiger partial charge in [-0.2, -0.15) is 0 Å². The van der Waals surface area contributed by atoms with E-state index in [0.29, 0.717) is 18.0 Å². The number of fused-ring (bicyclic) bond motifs is 1. The maximum Gasteiger partial charge on any atom is 0.261 e. The normalized spacial score (nSPS) is 13.9. The van der Waals surface area contributed by atoms with E-state index >= 15 is 0 Å². The molecule has 1 heterocycles. The summed E-state index contributed by atoms with van der Waals surface area (Å²) < 4.78 is 35.1. The molecule has 1 aliphatic heterocycles. The molecule has 0 spiro atoms. The molecule has 1 aliphatic rings. The number of sulfonamides is 1. The molecular weight excluding hydrogens is 464 g/mol. The second kappa shape index (κ2) is 9.20. The van der Waals surface area contributed by atoms with E-state index in [4.69, 9.17) is 4.74 Å². The highest BCUT2D eigenvalue weighted by Crippen LogP contribution is 2.32. The first-order valence-electron chi connectivity index (χ1n) is 9.83. The van der Waals surface area contributed by atoms with Gasteiger partial charge >= 0.3 is 0 Å². The van der Waals surface area contributed by atoms with Crippen LogP contribution in [0.5, 0.6) is 5.75 Å². The van der Waals surface area contributed by atoms with E-state index in [1.807, 2.05) is 42.5 Å². The summed E-state index contributed by atoms with van der Waals surface area (Å²) in [5.74, 6) is 0.622. The molecule has 5 nitrogen and oxygen atoms in total. The number of hydrogen-bond donors (Lipinski definition) is 2. The summed E-state index contributed by atoms with van der Waals surface area (Å²) in [7, 11) is -3.71. The average Bonchev–Trinajstić information content (AvgIpc) is 3.01. The van der Waals surface area contributed by atoms with Crippen LogP contribution < -0.4 is 14.8 Å². The van der Waals surface area contributed by atoms with Crippen LogP contribution in [0.1, 0.15) is 16.7 Å². The first-order chi connectivity index (χ1) is 14.5. The van der Waals surface area contributed by atoms with Crippen LogP contribution in [-0.4, -0.2) is 21.5 Å². The molecule has 3 aromatic carbocycles. The molecule has 30 heavy (non-hydrogen) atoms. The highest BCUT2D eigenvalue weighted by Gasteiger charge is 2.19. The quantitative estimate of drug-likeness (QED) is 0.537. The zero-order valence-corrected chi connectivity index (χ0v) is 18.8. The van der Waals surface area contributed by atoms with Crippen LogP contribution in [0.25, 0.3) is 0 Å². The van der Waals surface area contributed by atoms with Crippen LogP contribution in [-0.2, 0) is 29.5 Å². The van der Waals surface area contributed by atoms with Crippen molar-refractivity contribution in [1.82, 2.24) is 5.32 Å². The number of rotatable bonds is 6. The molecule has 0 bridgehead atoms. The standard InChI is InChI=1S/C23H23BrN2O3S/c24-23-21-13-15-25-14-12-18(21)6-11-22(23)26-30(27,28)20-9-7-19(8-10-20)29-16-17-4-2-1-3-5-17/h1-11,25-26H,12-16H2. The van der Waals surface area contributed by atoms with Gasteiger partial charge in [-0.05, 0) is 88.9 Å². The SMILES string of the molecule is O=S(=O)(Nc1ccc2c(c1Br)CCNCC2)c1ccc(OCc2ccccc2)cc1. The van der Waals surface area contributed by atoms with Gasteiger partial charge in [0.2, 0.25) is 0 Å². The fourth-order valence-corrected chi connectivity index (χ4v) is 5.35. The Labute approximate surface area is 185 Å². The maximum absolute atomic E-state index is 12.9.